The third-order valence-corrected chi connectivity index (χ3v) is 4.75. The van der Waals surface area contributed by atoms with Gasteiger partial charge in [-0.25, -0.2) is 5.43 Å². The van der Waals surface area contributed by atoms with Crippen LogP contribution in [-0.2, 0) is 0 Å². The van der Waals surface area contributed by atoms with Crippen LogP contribution in [0, 0.1) is 37.8 Å². The van der Waals surface area contributed by atoms with Crippen molar-refractivity contribution in [3.05, 3.63) is 92.3 Å². The Balaban J connectivity index is 1.81. The van der Waals surface area contributed by atoms with E-state index < -0.39 is 10.8 Å². The summed E-state index contributed by atoms with van der Waals surface area (Å²) >= 11 is 0. The van der Waals surface area contributed by atoms with Crippen LogP contribution in [0.25, 0.3) is 5.69 Å². The van der Waals surface area contributed by atoms with Crippen LogP contribution < -0.4 is 5.43 Å². The molecule has 0 atom stereocenters. The SMILES string of the molecule is Cc1ccc(-n2c(C)cc(/C=N/NC(=O)c3cccc([N+](=O)[O-])c3)c2C)c(C)c1. The van der Waals surface area contributed by atoms with Crippen LogP contribution >= 0.6 is 0 Å². The average Bonchev–Trinajstić information content (AvgIpc) is 2.95. The summed E-state index contributed by atoms with van der Waals surface area (Å²) in [6.07, 6.45) is 1.58. The average molecular weight is 390 g/mol. The van der Waals surface area contributed by atoms with Gasteiger partial charge in [-0.05, 0) is 51.5 Å². The Morgan fingerprint density at radius 2 is 1.86 bits per heavy atom. The number of aryl methyl sites for hydroxylation is 3. The molecule has 29 heavy (non-hydrogen) atoms. The maximum absolute atomic E-state index is 12.2. The first kappa shape index (κ1) is 20.0. The fourth-order valence-corrected chi connectivity index (χ4v) is 3.33. The van der Waals surface area contributed by atoms with Gasteiger partial charge in [-0.2, -0.15) is 5.10 Å². The third-order valence-electron chi connectivity index (χ3n) is 4.75. The van der Waals surface area contributed by atoms with Crippen molar-refractivity contribution in [2.45, 2.75) is 27.7 Å². The van der Waals surface area contributed by atoms with Crippen molar-refractivity contribution in [3.8, 4) is 5.69 Å². The number of benzene rings is 2. The molecule has 7 heteroatoms. The Bertz CT molecular complexity index is 1130. The van der Waals surface area contributed by atoms with E-state index >= 15 is 0 Å². The Morgan fingerprint density at radius 1 is 1.10 bits per heavy atom. The zero-order chi connectivity index (χ0) is 21.1. The monoisotopic (exact) mass is 390 g/mol. The van der Waals surface area contributed by atoms with Crippen molar-refractivity contribution >= 4 is 17.8 Å². The van der Waals surface area contributed by atoms with Crippen LogP contribution in [0.2, 0.25) is 0 Å². The maximum atomic E-state index is 12.2. The molecule has 148 valence electrons. The molecule has 0 saturated carbocycles. The van der Waals surface area contributed by atoms with E-state index in [1.807, 2.05) is 19.9 Å². The second kappa shape index (κ2) is 8.10. The van der Waals surface area contributed by atoms with E-state index in [0.29, 0.717) is 0 Å². The molecule has 1 N–H and O–H groups in total. The molecule has 1 aromatic heterocycles. The molecule has 3 rings (SSSR count). The smallest absolute Gasteiger partial charge is 0.271 e. The number of nitrogens with zero attached hydrogens (tertiary/aromatic N) is 3. The van der Waals surface area contributed by atoms with E-state index in [-0.39, 0.29) is 11.3 Å². The molecule has 7 nitrogen and oxygen atoms in total. The Labute approximate surface area is 168 Å². The number of non-ortho nitro benzene ring substituents is 1. The van der Waals surface area contributed by atoms with Crippen molar-refractivity contribution in [3.63, 3.8) is 0 Å². The summed E-state index contributed by atoms with van der Waals surface area (Å²) in [6, 6.07) is 13.8. The zero-order valence-corrected chi connectivity index (χ0v) is 16.8. The van der Waals surface area contributed by atoms with Crippen LogP contribution in [0.15, 0.2) is 53.6 Å². The number of hydrazone groups is 1. The van der Waals surface area contributed by atoms with E-state index in [4.69, 9.17) is 0 Å². The molecular weight excluding hydrogens is 368 g/mol. The molecule has 0 aliphatic rings. The highest BCUT2D eigenvalue weighted by molar-refractivity contribution is 5.95. The van der Waals surface area contributed by atoms with Crippen LogP contribution in [-0.4, -0.2) is 21.6 Å². The molecule has 0 aliphatic carbocycles. The minimum Gasteiger partial charge on any atom is -0.318 e. The molecule has 0 saturated heterocycles. The van der Waals surface area contributed by atoms with Crippen molar-refractivity contribution in [1.29, 1.82) is 0 Å². The summed E-state index contributed by atoms with van der Waals surface area (Å²) in [5.41, 5.74) is 8.89. The molecule has 2 aromatic carbocycles. The van der Waals surface area contributed by atoms with Gasteiger partial charge in [0.15, 0.2) is 0 Å². The van der Waals surface area contributed by atoms with Crippen LogP contribution in [0.4, 0.5) is 5.69 Å². The van der Waals surface area contributed by atoms with Crippen molar-refractivity contribution < 1.29 is 9.72 Å². The highest BCUT2D eigenvalue weighted by Crippen LogP contribution is 2.23. The lowest BCUT2D eigenvalue weighted by atomic mass is 10.1. The summed E-state index contributed by atoms with van der Waals surface area (Å²) in [5.74, 6) is -0.506. The quantitative estimate of drug-likeness (QED) is 0.398. The number of amides is 1. The molecule has 0 aliphatic heterocycles. The Hall–Kier alpha value is -3.74. The predicted molar refractivity (Wildman–Crippen MR) is 113 cm³/mol. The van der Waals surface area contributed by atoms with Gasteiger partial charge in [0.25, 0.3) is 11.6 Å². The van der Waals surface area contributed by atoms with Gasteiger partial charge in [-0.1, -0.05) is 23.8 Å². The number of hydrogen-bond donors (Lipinski definition) is 1. The summed E-state index contributed by atoms with van der Waals surface area (Å²) < 4.78 is 2.15. The summed E-state index contributed by atoms with van der Waals surface area (Å²) in [5, 5.41) is 14.9. The van der Waals surface area contributed by atoms with Gasteiger partial charge in [-0.3, -0.25) is 14.9 Å². The highest BCUT2D eigenvalue weighted by Gasteiger charge is 2.13. The highest BCUT2D eigenvalue weighted by atomic mass is 16.6. The minimum absolute atomic E-state index is 0.140. The number of aromatic nitrogens is 1. The first-order valence-electron chi connectivity index (χ1n) is 9.12. The topological polar surface area (TPSA) is 89.5 Å². The lowest BCUT2D eigenvalue weighted by Crippen LogP contribution is -2.17. The number of nitrogens with one attached hydrogen (secondary N) is 1. The van der Waals surface area contributed by atoms with Gasteiger partial charge in [0.05, 0.1) is 11.1 Å². The number of carbonyl (C=O) groups excluding carboxylic acids is 1. The van der Waals surface area contributed by atoms with Crippen LogP contribution in [0.1, 0.15) is 38.4 Å². The summed E-state index contributed by atoms with van der Waals surface area (Å²) in [4.78, 5) is 22.5. The van der Waals surface area contributed by atoms with Gasteiger partial charge in [-0.15, -0.1) is 0 Å². The number of carbonyl (C=O) groups is 1. The largest absolute Gasteiger partial charge is 0.318 e. The van der Waals surface area contributed by atoms with Crippen molar-refractivity contribution in [2.24, 2.45) is 5.10 Å². The van der Waals surface area contributed by atoms with E-state index in [0.717, 1.165) is 22.6 Å². The number of hydrogen-bond acceptors (Lipinski definition) is 4. The van der Waals surface area contributed by atoms with Crippen LogP contribution in [0.3, 0.4) is 0 Å². The van der Waals surface area contributed by atoms with Crippen LogP contribution in [0.5, 0.6) is 0 Å². The molecule has 1 heterocycles. The lowest BCUT2D eigenvalue weighted by molar-refractivity contribution is -0.384. The molecule has 3 aromatic rings. The van der Waals surface area contributed by atoms with Gasteiger partial charge >= 0.3 is 0 Å². The Morgan fingerprint density at radius 3 is 2.55 bits per heavy atom. The predicted octanol–water partition coefficient (Wildman–Crippen LogP) is 4.38. The summed E-state index contributed by atoms with van der Waals surface area (Å²) in [6.45, 7) is 8.16. The first-order chi connectivity index (χ1) is 13.8. The standard InChI is InChI=1S/C22H22N4O3/c1-14-8-9-21(15(2)10-14)25-16(3)11-19(17(25)4)13-23-24-22(27)18-6-5-7-20(12-18)26(28)29/h5-13H,1-4H3,(H,24,27)/b23-13+. The van der Waals surface area contributed by atoms with Gasteiger partial charge in [0, 0.05) is 40.3 Å². The molecule has 0 unspecified atom stereocenters. The zero-order valence-electron chi connectivity index (χ0n) is 16.8. The van der Waals surface area contributed by atoms with Gasteiger partial charge in [0.2, 0.25) is 0 Å². The fourth-order valence-electron chi connectivity index (χ4n) is 3.33. The molecular formula is C22H22N4O3. The van der Waals surface area contributed by atoms with Crippen molar-refractivity contribution in [2.75, 3.05) is 0 Å². The van der Waals surface area contributed by atoms with E-state index in [1.165, 1.54) is 35.4 Å². The molecule has 0 bridgehead atoms. The van der Waals surface area contributed by atoms with Crippen molar-refractivity contribution in [1.82, 2.24) is 9.99 Å². The number of nitro groups is 1. The number of rotatable bonds is 5. The van der Waals surface area contributed by atoms with E-state index in [2.05, 4.69) is 47.1 Å². The minimum atomic E-state index is -0.540. The van der Waals surface area contributed by atoms with Gasteiger partial charge < -0.3 is 4.57 Å². The number of nitro benzene ring substituents is 1. The Kier molecular flexibility index (Phi) is 5.59. The second-order valence-electron chi connectivity index (χ2n) is 6.96. The van der Waals surface area contributed by atoms with E-state index in [1.54, 1.807) is 6.21 Å². The molecule has 0 radical (unpaired) electrons. The third kappa shape index (κ3) is 4.24. The molecule has 0 spiro atoms. The molecule has 0 fully saturated rings. The fraction of sp³-hybridized carbons (Fsp3) is 0.182. The summed E-state index contributed by atoms with van der Waals surface area (Å²) in [7, 11) is 0. The van der Waals surface area contributed by atoms with Gasteiger partial charge in [0.1, 0.15) is 0 Å². The second-order valence-corrected chi connectivity index (χ2v) is 6.96. The lowest BCUT2D eigenvalue weighted by Gasteiger charge is -2.13. The van der Waals surface area contributed by atoms with E-state index in [9.17, 15) is 14.9 Å². The first-order valence-corrected chi connectivity index (χ1v) is 9.12. The normalized spacial score (nSPS) is 11.0. The maximum Gasteiger partial charge on any atom is 0.271 e. The molecule has 1 amide bonds.